The number of anilines is 1. The average molecular weight is 472 g/mol. The largest absolute Gasteiger partial charge is 0.465 e. The van der Waals surface area contributed by atoms with Crippen molar-refractivity contribution < 1.29 is 23.1 Å². The molecule has 0 aliphatic rings. The van der Waals surface area contributed by atoms with Gasteiger partial charge in [0.15, 0.2) is 0 Å². The molecule has 2 aromatic rings. The normalized spacial score (nSPS) is 11.8. The van der Waals surface area contributed by atoms with Gasteiger partial charge >= 0.3 is 5.97 Å². The van der Waals surface area contributed by atoms with E-state index >= 15 is 0 Å². The second-order valence-electron chi connectivity index (χ2n) is 5.91. The van der Waals surface area contributed by atoms with Gasteiger partial charge in [-0.15, -0.1) is 11.8 Å². The first kappa shape index (κ1) is 22.4. The summed E-state index contributed by atoms with van der Waals surface area (Å²) < 4.78 is 33.3. The van der Waals surface area contributed by atoms with E-state index in [1.807, 2.05) is 13.8 Å². The lowest BCUT2D eigenvalue weighted by molar-refractivity contribution is -0.143. The van der Waals surface area contributed by atoms with Crippen LogP contribution in [0.15, 0.2) is 45.8 Å². The molecule has 2 aromatic carbocycles. The molecular formula is C20H20BrF2NO3S. The molecule has 0 radical (unpaired) electrons. The number of rotatable bonds is 8. The van der Waals surface area contributed by atoms with Crippen LogP contribution in [0.3, 0.4) is 0 Å². The van der Waals surface area contributed by atoms with Crippen LogP contribution in [0.4, 0.5) is 14.5 Å². The number of amides is 1. The summed E-state index contributed by atoms with van der Waals surface area (Å²) in [5.74, 6) is -2.18. The number of halogens is 3. The molecule has 0 bridgehead atoms. The van der Waals surface area contributed by atoms with E-state index in [-0.39, 0.29) is 17.2 Å². The van der Waals surface area contributed by atoms with E-state index in [4.69, 9.17) is 4.74 Å². The molecule has 0 aromatic heterocycles. The van der Waals surface area contributed by atoms with Crippen molar-refractivity contribution in [2.75, 3.05) is 11.9 Å². The molecule has 0 aliphatic carbocycles. The van der Waals surface area contributed by atoms with Crippen molar-refractivity contribution in [3.05, 3.63) is 58.1 Å². The molecular weight excluding hydrogens is 452 g/mol. The monoisotopic (exact) mass is 471 g/mol. The highest BCUT2D eigenvalue weighted by Gasteiger charge is 2.22. The van der Waals surface area contributed by atoms with E-state index < -0.39 is 22.8 Å². The first-order valence-electron chi connectivity index (χ1n) is 8.75. The molecule has 0 fully saturated rings. The second kappa shape index (κ2) is 10.6. The standard InChI is InChI=1S/C20H20BrF2NO3S/c1-3-8-27-20(26)17(4-2)28-18-11-16(15(23)10-14(18)21)24-19(25)12-6-5-7-13(22)9-12/h5-7,9-11,17H,3-4,8H2,1-2H3,(H,24,25). The summed E-state index contributed by atoms with van der Waals surface area (Å²) in [4.78, 5) is 25.0. The van der Waals surface area contributed by atoms with Gasteiger partial charge in [0.05, 0.1) is 12.3 Å². The minimum absolute atomic E-state index is 0.0586. The van der Waals surface area contributed by atoms with E-state index in [1.54, 1.807) is 0 Å². The molecule has 4 nitrogen and oxygen atoms in total. The lowest BCUT2D eigenvalue weighted by atomic mass is 10.2. The molecule has 8 heteroatoms. The van der Waals surface area contributed by atoms with Crippen molar-refractivity contribution in [2.45, 2.75) is 36.8 Å². The SMILES string of the molecule is CCCOC(=O)C(CC)Sc1cc(NC(=O)c2cccc(F)c2)c(F)cc1Br. The molecule has 28 heavy (non-hydrogen) atoms. The highest BCUT2D eigenvalue weighted by molar-refractivity contribution is 9.10. The van der Waals surface area contributed by atoms with Gasteiger partial charge in [-0.25, -0.2) is 8.78 Å². The van der Waals surface area contributed by atoms with Gasteiger partial charge in [0, 0.05) is 14.9 Å². The summed E-state index contributed by atoms with van der Waals surface area (Å²) in [7, 11) is 0. The van der Waals surface area contributed by atoms with Gasteiger partial charge < -0.3 is 10.1 Å². The van der Waals surface area contributed by atoms with Crippen molar-refractivity contribution in [3.8, 4) is 0 Å². The summed E-state index contributed by atoms with van der Waals surface area (Å²) in [5, 5.41) is 1.99. The van der Waals surface area contributed by atoms with Crippen LogP contribution in [0.5, 0.6) is 0 Å². The quantitative estimate of drug-likeness (QED) is 0.390. The number of carbonyl (C=O) groups is 2. The predicted molar refractivity (Wildman–Crippen MR) is 110 cm³/mol. The predicted octanol–water partition coefficient (Wildman–Crippen LogP) is 5.80. The summed E-state index contributed by atoms with van der Waals surface area (Å²) in [6.45, 7) is 4.11. The van der Waals surface area contributed by atoms with Crippen LogP contribution < -0.4 is 5.32 Å². The molecule has 2 rings (SSSR count). The van der Waals surface area contributed by atoms with Crippen LogP contribution in [0.2, 0.25) is 0 Å². The number of benzene rings is 2. The fourth-order valence-electron chi connectivity index (χ4n) is 2.29. The Kier molecular flexibility index (Phi) is 8.44. The Morgan fingerprint density at radius 1 is 1.21 bits per heavy atom. The number of esters is 1. The highest BCUT2D eigenvalue weighted by atomic mass is 79.9. The number of hydrogen-bond acceptors (Lipinski definition) is 4. The highest BCUT2D eigenvalue weighted by Crippen LogP contribution is 2.36. The van der Waals surface area contributed by atoms with Crippen molar-refractivity contribution >= 4 is 45.3 Å². The van der Waals surface area contributed by atoms with Crippen LogP contribution in [-0.2, 0) is 9.53 Å². The first-order valence-corrected chi connectivity index (χ1v) is 10.4. The van der Waals surface area contributed by atoms with Gasteiger partial charge in [0.2, 0.25) is 0 Å². The smallest absolute Gasteiger partial charge is 0.319 e. The number of hydrogen-bond donors (Lipinski definition) is 1. The Labute approximate surface area is 175 Å². The third-order valence-electron chi connectivity index (χ3n) is 3.71. The summed E-state index contributed by atoms with van der Waals surface area (Å²) in [6, 6.07) is 7.77. The maximum Gasteiger partial charge on any atom is 0.319 e. The molecule has 1 N–H and O–H groups in total. The third kappa shape index (κ3) is 6.04. The molecule has 0 saturated carbocycles. The lowest BCUT2D eigenvalue weighted by Crippen LogP contribution is -2.20. The first-order chi connectivity index (χ1) is 13.3. The van der Waals surface area contributed by atoms with Gasteiger partial charge in [0.1, 0.15) is 16.9 Å². The lowest BCUT2D eigenvalue weighted by Gasteiger charge is -2.16. The fourth-order valence-corrected chi connectivity index (χ4v) is 3.88. The Morgan fingerprint density at radius 3 is 2.61 bits per heavy atom. The Hall–Kier alpha value is -1.93. The van der Waals surface area contributed by atoms with Crippen LogP contribution in [0.25, 0.3) is 0 Å². The van der Waals surface area contributed by atoms with E-state index in [0.717, 1.165) is 12.5 Å². The maximum atomic E-state index is 14.3. The van der Waals surface area contributed by atoms with Gasteiger partial charge in [0.25, 0.3) is 5.91 Å². The van der Waals surface area contributed by atoms with E-state index in [1.165, 1.54) is 42.1 Å². The molecule has 0 heterocycles. The summed E-state index contributed by atoms with van der Waals surface area (Å²) in [6.07, 6.45) is 1.26. The number of nitrogens with one attached hydrogen (secondary N) is 1. The number of ether oxygens (including phenoxy) is 1. The van der Waals surface area contributed by atoms with Crippen molar-refractivity contribution in [3.63, 3.8) is 0 Å². The zero-order valence-corrected chi connectivity index (χ0v) is 17.8. The van der Waals surface area contributed by atoms with Gasteiger partial charge in [-0.3, -0.25) is 9.59 Å². The second-order valence-corrected chi connectivity index (χ2v) is 8.01. The van der Waals surface area contributed by atoms with Gasteiger partial charge in [-0.05, 0) is 59.1 Å². The van der Waals surface area contributed by atoms with E-state index in [9.17, 15) is 18.4 Å². The van der Waals surface area contributed by atoms with Crippen LogP contribution in [-0.4, -0.2) is 23.7 Å². The molecule has 0 spiro atoms. The average Bonchev–Trinajstić information content (AvgIpc) is 2.67. The third-order valence-corrected chi connectivity index (χ3v) is 6.03. The Bertz CT molecular complexity index is 863. The van der Waals surface area contributed by atoms with Gasteiger partial charge in [-0.1, -0.05) is 19.9 Å². The number of carbonyl (C=O) groups excluding carboxylic acids is 2. The topological polar surface area (TPSA) is 55.4 Å². The molecule has 150 valence electrons. The van der Waals surface area contributed by atoms with Crippen LogP contribution >= 0.6 is 27.7 Å². The van der Waals surface area contributed by atoms with Crippen LogP contribution in [0.1, 0.15) is 37.0 Å². The Morgan fingerprint density at radius 2 is 1.96 bits per heavy atom. The minimum atomic E-state index is -0.650. The van der Waals surface area contributed by atoms with Crippen molar-refractivity contribution in [1.82, 2.24) is 0 Å². The molecule has 1 amide bonds. The summed E-state index contributed by atoms with van der Waals surface area (Å²) >= 11 is 4.51. The zero-order chi connectivity index (χ0) is 20.7. The molecule has 1 atom stereocenters. The Balaban J connectivity index is 2.21. The molecule has 0 saturated heterocycles. The number of thioether (sulfide) groups is 1. The van der Waals surface area contributed by atoms with Crippen molar-refractivity contribution in [1.29, 1.82) is 0 Å². The maximum absolute atomic E-state index is 14.3. The van der Waals surface area contributed by atoms with E-state index in [2.05, 4.69) is 21.2 Å². The fraction of sp³-hybridized carbons (Fsp3) is 0.300. The zero-order valence-electron chi connectivity index (χ0n) is 15.4. The minimum Gasteiger partial charge on any atom is -0.465 e. The molecule has 0 aliphatic heterocycles. The van der Waals surface area contributed by atoms with E-state index in [0.29, 0.717) is 22.4 Å². The van der Waals surface area contributed by atoms with Crippen LogP contribution in [0, 0.1) is 11.6 Å². The molecule has 1 unspecified atom stereocenters. The van der Waals surface area contributed by atoms with Crippen molar-refractivity contribution in [2.24, 2.45) is 0 Å². The summed E-state index contributed by atoms with van der Waals surface area (Å²) in [5.41, 5.74) is 0.0165. The van der Waals surface area contributed by atoms with Gasteiger partial charge in [-0.2, -0.15) is 0 Å².